The van der Waals surface area contributed by atoms with Gasteiger partial charge in [-0.2, -0.15) is 0 Å². The van der Waals surface area contributed by atoms with Crippen molar-refractivity contribution in [3.8, 4) is 0 Å². The van der Waals surface area contributed by atoms with E-state index < -0.39 is 9.17 Å². The van der Waals surface area contributed by atoms with Crippen LogP contribution < -0.4 is 9.59 Å². The van der Waals surface area contributed by atoms with E-state index in [4.69, 9.17) is 54.9 Å². The van der Waals surface area contributed by atoms with Crippen molar-refractivity contribution in [3.05, 3.63) is 0 Å². The van der Waals surface area contributed by atoms with E-state index >= 15 is 0 Å². The zero-order valence-corrected chi connectivity index (χ0v) is 18.5. The summed E-state index contributed by atoms with van der Waals surface area (Å²) in [5.74, 6) is 0. The molecule has 0 unspecified atom stereocenters. The first-order chi connectivity index (χ1) is 14.2. The van der Waals surface area contributed by atoms with Crippen LogP contribution in [0, 0.1) is 0 Å². The first-order valence-corrected chi connectivity index (χ1v) is 10.9. The number of rotatable bonds is 16. The van der Waals surface area contributed by atoms with Crippen LogP contribution in [0.3, 0.4) is 0 Å². The molecule has 0 aliphatic heterocycles. The summed E-state index contributed by atoms with van der Waals surface area (Å²) in [7, 11) is -3.63. The molecular formula is C16H40N2O11Si. The van der Waals surface area contributed by atoms with Gasteiger partial charge in [-0.05, 0) is 0 Å². The predicted octanol–water partition coefficient (Wildman–Crippen LogP) is -7.33. The SMILES string of the molecule is O=[Si]([O-])[O-].OCC[N+](CCO)(CCO)CCO.OCC[N+](CCO)(CCO)CCO. The van der Waals surface area contributed by atoms with Crippen LogP contribution in [0.4, 0.5) is 0 Å². The van der Waals surface area contributed by atoms with E-state index in [2.05, 4.69) is 0 Å². The van der Waals surface area contributed by atoms with Gasteiger partial charge in [-0.15, -0.1) is 0 Å². The highest BCUT2D eigenvalue weighted by molar-refractivity contribution is 6.17. The lowest BCUT2D eigenvalue weighted by Gasteiger charge is -2.36. The van der Waals surface area contributed by atoms with E-state index in [1.165, 1.54) is 0 Å². The number of hydrogen-bond acceptors (Lipinski definition) is 11. The van der Waals surface area contributed by atoms with Crippen LogP contribution in [0.2, 0.25) is 0 Å². The summed E-state index contributed by atoms with van der Waals surface area (Å²) < 4.78 is 9.27. The van der Waals surface area contributed by atoms with E-state index in [1.54, 1.807) is 0 Å². The molecule has 0 amide bonds. The normalized spacial score (nSPS) is 11.2. The summed E-state index contributed by atoms with van der Waals surface area (Å²) >= 11 is 0. The molecule has 0 spiro atoms. The van der Waals surface area contributed by atoms with Gasteiger partial charge in [0.25, 0.3) is 0 Å². The van der Waals surface area contributed by atoms with Gasteiger partial charge in [-0.1, -0.05) is 0 Å². The van der Waals surface area contributed by atoms with Gasteiger partial charge in [0.05, 0.1) is 52.9 Å². The van der Waals surface area contributed by atoms with E-state index in [-0.39, 0.29) is 52.9 Å². The summed E-state index contributed by atoms with van der Waals surface area (Å²) in [6.45, 7) is 3.68. The van der Waals surface area contributed by atoms with Crippen molar-refractivity contribution < 1.29 is 63.9 Å². The molecule has 184 valence electrons. The van der Waals surface area contributed by atoms with Crippen molar-refractivity contribution >= 4 is 9.17 Å². The van der Waals surface area contributed by atoms with Gasteiger partial charge < -0.3 is 63.9 Å². The summed E-state index contributed by atoms with van der Waals surface area (Å²) in [4.78, 5) is 17.0. The minimum atomic E-state index is -3.63. The molecule has 14 heteroatoms. The number of aliphatic hydroxyl groups excluding tert-OH is 8. The quantitative estimate of drug-likeness (QED) is 0.0790. The highest BCUT2D eigenvalue weighted by Gasteiger charge is 2.25. The first kappa shape index (κ1) is 33.8. The first-order valence-electron chi connectivity index (χ1n) is 9.67. The fourth-order valence-corrected chi connectivity index (χ4v) is 3.04. The molecule has 30 heavy (non-hydrogen) atoms. The van der Waals surface area contributed by atoms with Gasteiger partial charge in [0.15, 0.2) is 0 Å². The summed E-state index contributed by atoms with van der Waals surface area (Å²) in [5.41, 5.74) is 0. The summed E-state index contributed by atoms with van der Waals surface area (Å²) in [6, 6.07) is 0. The predicted molar refractivity (Wildman–Crippen MR) is 103 cm³/mol. The fourth-order valence-electron chi connectivity index (χ4n) is 3.04. The molecule has 0 aromatic heterocycles. The van der Waals surface area contributed by atoms with Gasteiger partial charge in [0, 0.05) is 9.17 Å². The van der Waals surface area contributed by atoms with Crippen molar-refractivity contribution in [2.45, 2.75) is 0 Å². The maximum Gasteiger partial charge on any atom is 0.102 e. The lowest BCUT2D eigenvalue weighted by molar-refractivity contribution is -0.929. The molecule has 0 atom stereocenters. The number of hydrogen-bond donors (Lipinski definition) is 8. The Morgan fingerprint density at radius 1 is 0.433 bits per heavy atom. The molecule has 13 nitrogen and oxygen atoms in total. The Morgan fingerprint density at radius 2 is 0.533 bits per heavy atom. The third-order valence-electron chi connectivity index (χ3n) is 4.59. The molecule has 0 fully saturated rings. The molecule has 0 rings (SSSR count). The monoisotopic (exact) mass is 464 g/mol. The van der Waals surface area contributed by atoms with Gasteiger partial charge >= 0.3 is 0 Å². The van der Waals surface area contributed by atoms with Crippen molar-refractivity contribution in [3.63, 3.8) is 0 Å². The van der Waals surface area contributed by atoms with Gasteiger partial charge in [0.2, 0.25) is 0 Å². The van der Waals surface area contributed by atoms with Crippen LogP contribution in [-0.2, 0) is 4.46 Å². The second-order valence-corrected chi connectivity index (χ2v) is 7.01. The second kappa shape index (κ2) is 22.9. The summed E-state index contributed by atoms with van der Waals surface area (Å²) in [6.07, 6.45) is 0. The van der Waals surface area contributed by atoms with E-state index in [0.29, 0.717) is 61.3 Å². The van der Waals surface area contributed by atoms with Crippen molar-refractivity contribution in [1.29, 1.82) is 0 Å². The van der Waals surface area contributed by atoms with E-state index in [0.717, 1.165) is 0 Å². The number of quaternary nitrogens is 2. The molecule has 0 radical (unpaired) electrons. The van der Waals surface area contributed by atoms with Crippen LogP contribution in [0.1, 0.15) is 0 Å². The highest BCUT2D eigenvalue weighted by atomic mass is 28.3. The molecule has 8 N–H and O–H groups in total. The second-order valence-electron chi connectivity index (χ2n) is 6.51. The van der Waals surface area contributed by atoms with E-state index in [1.807, 2.05) is 0 Å². The average Bonchev–Trinajstić information content (AvgIpc) is 2.64. The maximum atomic E-state index is 8.82. The lowest BCUT2D eigenvalue weighted by atomic mass is 10.3. The third-order valence-corrected chi connectivity index (χ3v) is 4.59. The van der Waals surface area contributed by atoms with Crippen molar-refractivity contribution in [1.82, 2.24) is 0 Å². The van der Waals surface area contributed by atoms with E-state index in [9.17, 15) is 0 Å². The molecule has 0 aliphatic carbocycles. The Kier molecular flexibility index (Phi) is 25.8. The Hall–Kier alpha value is -0.783. The van der Waals surface area contributed by atoms with Crippen LogP contribution in [-0.4, -0.2) is 164 Å². The molecule has 0 aromatic carbocycles. The molecular weight excluding hydrogens is 424 g/mol. The molecule has 0 aliphatic rings. The topological polar surface area (TPSA) is 225 Å². The minimum absolute atomic E-state index is 0. The van der Waals surface area contributed by atoms with Crippen LogP contribution >= 0.6 is 0 Å². The van der Waals surface area contributed by atoms with Gasteiger partial charge in [-0.25, -0.2) is 0 Å². The zero-order chi connectivity index (χ0) is 23.9. The Balaban J connectivity index is -0.000000412. The van der Waals surface area contributed by atoms with Gasteiger partial charge in [-0.3, -0.25) is 0 Å². The zero-order valence-electron chi connectivity index (χ0n) is 17.5. The Bertz CT molecular complexity index is 290. The molecule has 0 saturated heterocycles. The smallest absolute Gasteiger partial charge is 0.102 e. The summed E-state index contributed by atoms with van der Waals surface area (Å²) in [5, 5.41) is 70.6. The minimum Gasteiger partial charge on any atom is -0.672 e. The number of aliphatic hydroxyl groups is 8. The van der Waals surface area contributed by atoms with Crippen molar-refractivity contribution in [2.24, 2.45) is 0 Å². The van der Waals surface area contributed by atoms with Crippen molar-refractivity contribution in [2.75, 3.05) is 105 Å². The van der Waals surface area contributed by atoms with Gasteiger partial charge in [0.1, 0.15) is 52.4 Å². The highest BCUT2D eigenvalue weighted by Crippen LogP contribution is 2.05. The Morgan fingerprint density at radius 3 is 0.600 bits per heavy atom. The third kappa shape index (κ3) is 19.2. The molecule has 0 heterocycles. The molecule has 0 bridgehead atoms. The Labute approximate surface area is 179 Å². The molecule has 0 aromatic rings. The standard InChI is InChI=1S/2C8H20NO4.O3Si/c2*10-5-1-9(2-6-11,3-7-12)4-8-13;1-4(2)3/h2*10-13H,1-8H2;/q2*+1;-2. The maximum absolute atomic E-state index is 8.82. The fraction of sp³-hybridized carbons (Fsp3) is 1.00. The average molecular weight is 465 g/mol. The lowest BCUT2D eigenvalue weighted by Crippen LogP contribution is -2.54. The van der Waals surface area contributed by atoms with Crippen LogP contribution in [0.5, 0.6) is 0 Å². The van der Waals surface area contributed by atoms with Crippen LogP contribution in [0.15, 0.2) is 0 Å². The van der Waals surface area contributed by atoms with Crippen LogP contribution in [0.25, 0.3) is 0 Å². The molecule has 0 saturated carbocycles. The largest absolute Gasteiger partial charge is 0.672 e. The number of nitrogens with zero attached hydrogens (tertiary/aromatic N) is 2.